The van der Waals surface area contributed by atoms with E-state index in [0.29, 0.717) is 75.5 Å². The minimum absolute atomic E-state index is 0.0791. The van der Waals surface area contributed by atoms with E-state index in [-0.39, 0.29) is 17.6 Å². The van der Waals surface area contributed by atoms with E-state index in [0.717, 1.165) is 6.07 Å². The number of hydrogen-bond acceptors (Lipinski definition) is 7. The lowest BCUT2D eigenvalue weighted by molar-refractivity contribution is 0.0261. The van der Waals surface area contributed by atoms with Crippen molar-refractivity contribution in [1.82, 2.24) is 23.1 Å². The molecule has 2 aliphatic heterocycles. The van der Waals surface area contributed by atoms with E-state index in [1.807, 2.05) is 0 Å². The molecule has 10 nitrogen and oxygen atoms in total. The Morgan fingerprint density at radius 3 is 2.42 bits per heavy atom. The van der Waals surface area contributed by atoms with Crippen LogP contribution in [-0.4, -0.2) is 74.5 Å². The highest BCUT2D eigenvalue weighted by Crippen LogP contribution is 2.43. The van der Waals surface area contributed by atoms with Gasteiger partial charge in [0.15, 0.2) is 0 Å². The largest absolute Gasteiger partial charge is 0.388 e. The molecule has 6 rings (SSSR count). The number of piperidine rings is 1. The first-order valence-corrected chi connectivity index (χ1v) is 14.9. The lowest BCUT2D eigenvalue weighted by atomic mass is 9.98. The van der Waals surface area contributed by atoms with Crippen molar-refractivity contribution in [2.75, 3.05) is 31.5 Å². The molecule has 0 unspecified atom stereocenters. The molecule has 0 aromatic carbocycles. The summed E-state index contributed by atoms with van der Waals surface area (Å²) in [4.78, 5) is 21.9. The zero-order valence-corrected chi connectivity index (χ0v) is 22.2. The molecule has 2 aromatic rings. The summed E-state index contributed by atoms with van der Waals surface area (Å²) in [5, 5.41) is 14.4. The van der Waals surface area contributed by atoms with Crippen LogP contribution in [0.3, 0.4) is 0 Å². The number of aromatic nitrogens is 3. The van der Waals surface area contributed by atoms with Gasteiger partial charge in [0.25, 0.3) is 22.2 Å². The number of rotatable bonds is 7. The summed E-state index contributed by atoms with van der Waals surface area (Å²) in [6.45, 7) is 3.63. The van der Waals surface area contributed by atoms with Crippen LogP contribution in [0.2, 0.25) is 0 Å². The minimum Gasteiger partial charge on any atom is -0.388 e. The average molecular weight is 553 g/mol. The summed E-state index contributed by atoms with van der Waals surface area (Å²) in [6, 6.07) is 0.372. The topological polar surface area (TPSA) is 121 Å². The molecule has 0 bridgehead atoms. The maximum atomic E-state index is 13.7. The van der Waals surface area contributed by atoms with Gasteiger partial charge in [-0.25, -0.2) is 13.8 Å². The van der Waals surface area contributed by atoms with Crippen molar-refractivity contribution in [3.8, 4) is 0 Å². The third-order valence-corrected chi connectivity index (χ3v) is 10.8. The van der Waals surface area contributed by atoms with Crippen molar-refractivity contribution in [3.05, 3.63) is 28.2 Å². The third kappa shape index (κ3) is 4.61. The molecule has 0 amide bonds. The fraction of sp³-hybridized carbons (Fsp3) is 0.720. The first-order chi connectivity index (χ1) is 18.0. The van der Waals surface area contributed by atoms with Gasteiger partial charge in [0.05, 0.1) is 17.2 Å². The molecule has 13 heteroatoms. The molecular formula is C25H34F2N6O4S. The van der Waals surface area contributed by atoms with Crippen LogP contribution in [0.5, 0.6) is 0 Å². The van der Waals surface area contributed by atoms with Crippen molar-refractivity contribution in [3.63, 3.8) is 0 Å². The summed E-state index contributed by atoms with van der Waals surface area (Å²) < 4.78 is 57.7. The van der Waals surface area contributed by atoms with Crippen LogP contribution in [0.25, 0.3) is 11.0 Å². The van der Waals surface area contributed by atoms with Crippen LogP contribution >= 0.6 is 0 Å². The zero-order chi connectivity index (χ0) is 26.8. The fourth-order valence-corrected chi connectivity index (χ4v) is 8.05. The minimum atomic E-state index is -3.45. The molecule has 0 spiro atoms. The standard InChI is InChI=1S/C25H34F2N6O4S/c1-25(35)8-2-3-20(25)33-22-16(11-19(21(26)27)23(33)34)12-28-24(30-22)29-18-6-9-31(10-7-18)38(36,37)32-13-17(14-32)15-4-5-15/h11-12,15,17-18,20-21,35H,2-10,13-14H2,1H3,(H,28,29,30)/t20-,25-/m1/s1. The van der Waals surface area contributed by atoms with Crippen LogP contribution in [0.4, 0.5) is 14.7 Å². The Bertz CT molecular complexity index is 1380. The van der Waals surface area contributed by atoms with Gasteiger partial charge in [0.1, 0.15) is 5.65 Å². The highest BCUT2D eigenvalue weighted by atomic mass is 32.2. The molecule has 208 valence electrons. The molecule has 2 saturated heterocycles. The number of fused-ring (bicyclic) bond motifs is 1. The van der Waals surface area contributed by atoms with Gasteiger partial charge in [-0.2, -0.15) is 22.0 Å². The van der Waals surface area contributed by atoms with E-state index in [1.165, 1.54) is 23.6 Å². The predicted molar refractivity (Wildman–Crippen MR) is 137 cm³/mol. The third-order valence-electron chi connectivity index (χ3n) is 8.83. The molecule has 0 radical (unpaired) electrons. The molecule has 2 aromatic heterocycles. The van der Waals surface area contributed by atoms with Crippen LogP contribution in [0.15, 0.2) is 17.1 Å². The highest BCUT2D eigenvalue weighted by molar-refractivity contribution is 7.86. The SMILES string of the molecule is C[C@@]1(O)CCC[C@H]1n1c(=O)c(C(F)F)cc2cnc(NC3CCN(S(=O)(=O)N4CC(C5CC5)C4)CC3)nc21. The molecule has 2 aliphatic carbocycles. The Balaban J connectivity index is 1.19. The van der Waals surface area contributed by atoms with Gasteiger partial charge in [0.2, 0.25) is 5.95 Å². The first kappa shape index (κ1) is 26.0. The second-order valence-corrected chi connectivity index (χ2v) is 13.5. The van der Waals surface area contributed by atoms with Gasteiger partial charge in [0, 0.05) is 43.8 Å². The summed E-state index contributed by atoms with van der Waals surface area (Å²) in [5.74, 6) is 1.46. The Morgan fingerprint density at radius 1 is 1.11 bits per heavy atom. The number of hydrogen-bond donors (Lipinski definition) is 2. The van der Waals surface area contributed by atoms with Crippen LogP contribution in [-0.2, 0) is 10.2 Å². The van der Waals surface area contributed by atoms with Crippen molar-refractivity contribution >= 4 is 27.2 Å². The van der Waals surface area contributed by atoms with Crippen molar-refractivity contribution < 1.29 is 22.3 Å². The molecule has 4 aliphatic rings. The summed E-state index contributed by atoms with van der Waals surface area (Å²) >= 11 is 0. The second kappa shape index (κ2) is 9.46. The maximum absolute atomic E-state index is 13.7. The first-order valence-electron chi connectivity index (χ1n) is 13.5. The Morgan fingerprint density at radius 2 is 1.82 bits per heavy atom. The smallest absolute Gasteiger partial charge is 0.281 e. The van der Waals surface area contributed by atoms with E-state index < -0.39 is 39.4 Å². The van der Waals surface area contributed by atoms with Crippen molar-refractivity contribution in [2.24, 2.45) is 11.8 Å². The van der Waals surface area contributed by atoms with Crippen LogP contribution in [0.1, 0.15) is 69.9 Å². The van der Waals surface area contributed by atoms with Crippen molar-refractivity contribution in [2.45, 2.75) is 76.0 Å². The van der Waals surface area contributed by atoms with Crippen LogP contribution < -0.4 is 10.9 Å². The summed E-state index contributed by atoms with van der Waals surface area (Å²) in [6.07, 6.45) is 3.62. The number of pyridine rings is 1. The molecule has 4 fully saturated rings. The second-order valence-electron chi connectivity index (χ2n) is 11.6. The molecule has 4 heterocycles. The van der Waals surface area contributed by atoms with Crippen LogP contribution in [0, 0.1) is 11.8 Å². The molecule has 2 N–H and O–H groups in total. The van der Waals surface area contributed by atoms with Gasteiger partial charge < -0.3 is 10.4 Å². The number of anilines is 1. The predicted octanol–water partition coefficient (Wildman–Crippen LogP) is 2.67. The summed E-state index contributed by atoms with van der Waals surface area (Å²) in [7, 11) is -3.45. The number of alkyl halides is 2. The fourth-order valence-electron chi connectivity index (χ4n) is 6.30. The normalized spacial score (nSPS) is 28.3. The Kier molecular flexibility index (Phi) is 6.48. The number of halogens is 2. The lowest BCUT2D eigenvalue weighted by Crippen LogP contribution is -2.57. The van der Waals surface area contributed by atoms with E-state index in [9.17, 15) is 27.1 Å². The molecule has 38 heavy (non-hydrogen) atoms. The monoisotopic (exact) mass is 552 g/mol. The van der Waals surface area contributed by atoms with Gasteiger partial charge in [-0.15, -0.1) is 0 Å². The zero-order valence-electron chi connectivity index (χ0n) is 21.4. The van der Waals surface area contributed by atoms with Gasteiger partial charge in [-0.05, 0) is 69.8 Å². The number of nitrogens with one attached hydrogen (secondary N) is 1. The molecule has 2 saturated carbocycles. The molecule has 2 atom stereocenters. The van der Waals surface area contributed by atoms with E-state index in [2.05, 4.69) is 15.3 Å². The highest BCUT2D eigenvalue weighted by Gasteiger charge is 2.46. The average Bonchev–Trinajstić information content (AvgIpc) is 3.60. The van der Waals surface area contributed by atoms with Gasteiger partial charge in [-0.3, -0.25) is 9.36 Å². The van der Waals surface area contributed by atoms with Gasteiger partial charge in [-0.1, -0.05) is 0 Å². The van der Waals surface area contributed by atoms with E-state index in [1.54, 1.807) is 15.5 Å². The quantitative estimate of drug-likeness (QED) is 0.542. The lowest BCUT2D eigenvalue weighted by Gasteiger charge is -2.42. The van der Waals surface area contributed by atoms with Gasteiger partial charge >= 0.3 is 0 Å². The maximum Gasteiger partial charge on any atom is 0.281 e. The van der Waals surface area contributed by atoms with Crippen molar-refractivity contribution in [1.29, 1.82) is 0 Å². The van der Waals surface area contributed by atoms with E-state index in [4.69, 9.17) is 0 Å². The molecular weight excluding hydrogens is 518 g/mol. The number of nitrogens with zero attached hydrogens (tertiary/aromatic N) is 5. The Hall–Kier alpha value is -2.22. The summed E-state index contributed by atoms with van der Waals surface area (Å²) in [5.41, 5.74) is -2.50. The Labute approximate surface area is 220 Å². The number of aliphatic hydroxyl groups is 1. The van der Waals surface area contributed by atoms with E-state index >= 15 is 0 Å².